The van der Waals surface area contributed by atoms with Crippen LogP contribution in [0.2, 0.25) is 0 Å². The summed E-state index contributed by atoms with van der Waals surface area (Å²) in [7, 11) is 1.48. The number of pyridine rings is 1. The monoisotopic (exact) mass is 255 g/mol. The molecule has 0 spiro atoms. The lowest BCUT2D eigenvalue weighted by molar-refractivity contribution is -0.143. The number of hydrogen-bond acceptors (Lipinski definition) is 3. The second-order valence-electron chi connectivity index (χ2n) is 5.94. The van der Waals surface area contributed by atoms with Crippen molar-refractivity contribution in [2.24, 2.45) is 11.8 Å². The van der Waals surface area contributed by atoms with Crippen LogP contribution in [0, 0.1) is 11.8 Å². The van der Waals surface area contributed by atoms with Crippen molar-refractivity contribution in [1.29, 1.82) is 0 Å². The van der Waals surface area contributed by atoms with E-state index in [2.05, 4.69) is 17.1 Å². The lowest BCUT2D eigenvalue weighted by Gasteiger charge is -2.10. The van der Waals surface area contributed by atoms with Gasteiger partial charge in [-0.1, -0.05) is 6.08 Å². The van der Waals surface area contributed by atoms with E-state index in [1.54, 1.807) is 0 Å². The summed E-state index contributed by atoms with van der Waals surface area (Å²) < 4.78 is 4.94. The number of aromatic nitrogens is 1. The van der Waals surface area contributed by atoms with E-state index in [1.165, 1.54) is 41.7 Å². The molecule has 2 unspecified atom stereocenters. The van der Waals surface area contributed by atoms with Crippen LogP contribution in [0.3, 0.4) is 0 Å². The standard InChI is InChI=1S/C16H17NO2/c1-19-16(18)13-6-9-4-11-7-15(10-2-3-10)17-8-14(11)12(13)5-9/h4,7-10,13H,2-3,5-6H2,1H3. The molecule has 2 saturated carbocycles. The van der Waals surface area contributed by atoms with E-state index in [0.717, 1.165) is 12.8 Å². The number of hydrogen-bond donors (Lipinski definition) is 0. The highest BCUT2D eigenvalue weighted by molar-refractivity contribution is 5.85. The molecule has 2 fully saturated rings. The number of methoxy groups -OCH3 is 1. The van der Waals surface area contributed by atoms with Crippen molar-refractivity contribution < 1.29 is 9.53 Å². The average Bonchev–Trinajstić information content (AvgIpc) is 3.22. The molecule has 1 aromatic rings. The Bertz CT molecular complexity index is 672. The van der Waals surface area contributed by atoms with Crippen molar-refractivity contribution in [2.45, 2.75) is 31.6 Å². The molecular weight excluding hydrogens is 238 g/mol. The third kappa shape index (κ3) is 1.71. The third-order valence-electron chi connectivity index (χ3n) is 4.64. The average molecular weight is 255 g/mol. The first-order valence-corrected chi connectivity index (χ1v) is 7.05. The Labute approximate surface area is 112 Å². The van der Waals surface area contributed by atoms with Crippen LogP contribution in [0.4, 0.5) is 0 Å². The Morgan fingerprint density at radius 3 is 3.00 bits per heavy atom. The molecule has 1 heterocycles. The van der Waals surface area contributed by atoms with Gasteiger partial charge in [0.2, 0.25) is 0 Å². The van der Waals surface area contributed by atoms with Crippen LogP contribution in [-0.4, -0.2) is 18.1 Å². The van der Waals surface area contributed by atoms with Gasteiger partial charge in [-0.15, -0.1) is 0 Å². The maximum Gasteiger partial charge on any atom is 0.312 e. The first kappa shape index (κ1) is 11.2. The van der Waals surface area contributed by atoms with Crippen LogP contribution in [-0.2, 0) is 9.53 Å². The van der Waals surface area contributed by atoms with Crippen LogP contribution in [0.25, 0.3) is 11.6 Å². The first-order valence-electron chi connectivity index (χ1n) is 7.05. The second kappa shape index (κ2) is 3.92. The quantitative estimate of drug-likeness (QED) is 0.743. The number of fused-ring (bicyclic) bond motifs is 3. The molecule has 0 saturated heterocycles. The van der Waals surface area contributed by atoms with Crippen molar-refractivity contribution in [3.8, 4) is 0 Å². The lowest BCUT2D eigenvalue weighted by atomic mass is 9.98. The Balaban J connectivity index is 1.87. The fourth-order valence-corrected chi connectivity index (χ4v) is 3.51. The summed E-state index contributed by atoms with van der Waals surface area (Å²) in [6.07, 6.45) is 8.75. The Morgan fingerprint density at radius 1 is 1.42 bits per heavy atom. The number of carbonyl (C=O) groups is 1. The SMILES string of the molecule is COC(=O)C1CC2C=c3cc(C4CC4)ncc3=C1C2. The maximum absolute atomic E-state index is 11.9. The van der Waals surface area contributed by atoms with Crippen LogP contribution >= 0.6 is 0 Å². The number of carbonyl (C=O) groups excluding carboxylic acids is 1. The van der Waals surface area contributed by atoms with E-state index < -0.39 is 0 Å². The van der Waals surface area contributed by atoms with E-state index in [9.17, 15) is 4.79 Å². The number of esters is 1. The van der Waals surface area contributed by atoms with E-state index in [1.807, 2.05) is 6.20 Å². The fraction of sp³-hybridized carbons (Fsp3) is 0.500. The largest absolute Gasteiger partial charge is 0.469 e. The van der Waals surface area contributed by atoms with E-state index >= 15 is 0 Å². The van der Waals surface area contributed by atoms with Gasteiger partial charge in [0.1, 0.15) is 0 Å². The third-order valence-corrected chi connectivity index (χ3v) is 4.64. The van der Waals surface area contributed by atoms with Gasteiger partial charge in [-0.3, -0.25) is 9.78 Å². The summed E-state index contributed by atoms with van der Waals surface area (Å²) >= 11 is 0. The zero-order valence-corrected chi connectivity index (χ0v) is 11.1. The van der Waals surface area contributed by atoms with Gasteiger partial charge in [-0.2, -0.15) is 0 Å². The van der Waals surface area contributed by atoms with Crippen molar-refractivity contribution in [3.63, 3.8) is 0 Å². The molecule has 3 aliphatic rings. The van der Waals surface area contributed by atoms with Crippen molar-refractivity contribution in [3.05, 3.63) is 28.4 Å². The zero-order valence-electron chi connectivity index (χ0n) is 11.1. The number of rotatable bonds is 2. The van der Waals surface area contributed by atoms with Gasteiger partial charge in [0, 0.05) is 17.8 Å². The summed E-state index contributed by atoms with van der Waals surface area (Å²) in [5.41, 5.74) is 2.47. The molecule has 0 amide bonds. The van der Waals surface area contributed by atoms with Crippen LogP contribution in [0.15, 0.2) is 12.3 Å². The van der Waals surface area contributed by atoms with Gasteiger partial charge in [0.05, 0.1) is 13.0 Å². The molecule has 2 atom stereocenters. The van der Waals surface area contributed by atoms with Gasteiger partial charge in [0.25, 0.3) is 0 Å². The minimum absolute atomic E-state index is 0.0546. The predicted molar refractivity (Wildman–Crippen MR) is 71.6 cm³/mol. The van der Waals surface area contributed by atoms with Gasteiger partial charge in [-0.05, 0) is 53.7 Å². The van der Waals surface area contributed by atoms with Gasteiger partial charge in [0.15, 0.2) is 0 Å². The Kier molecular flexibility index (Phi) is 2.32. The normalized spacial score (nSPS) is 27.7. The zero-order chi connectivity index (χ0) is 13.0. The molecule has 0 aromatic carbocycles. The topological polar surface area (TPSA) is 39.2 Å². The van der Waals surface area contributed by atoms with Crippen LogP contribution < -0.4 is 10.4 Å². The predicted octanol–water partition coefficient (Wildman–Crippen LogP) is 1.10. The summed E-state index contributed by atoms with van der Waals surface area (Å²) in [5, 5.41) is 2.46. The van der Waals surface area contributed by atoms with Crippen molar-refractivity contribution in [2.75, 3.05) is 7.11 Å². The number of ether oxygens (including phenoxy) is 1. The molecule has 98 valence electrons. The van der Waals surface area contributed by atoms with E-state index in [4.69, 9.17) is 4.74 Å². The van der Waals surface area contributed by atoms with E-state index in [0.29, 0.717) is 11.8 Å². The van der Waals surface area contributed by atoms with E-state index in [-0.39, 0.29) is 11.9 Å². The summed E-state index contributed by atoms with van der Waals surface area (Å²) in [6, 6.07) is 2.23. The molecule has 0 N–H and O–H groups in total. The molecule has 4 rings (SSSR count). The first-order chi connectivity index (χ1) is 9.26. The highest BCUT2D eigenvalue weighted by atomic mass is 16.5. The Morgan fingerprint density at radius 2 is 2.26 bits per heavy atom. The minimum atomic E-state index is -0.0926. The molecule has 1 aromatic heterocycles. The molecular formula is C16H17NO2. The molecule has 0 aliphatic heterocycles. The fourth-order valence-electron chi connectivity index (χ4n) is 3.51. The molecule has 0 radical (unpaired) electrons. The summed E-state index contributed by atoms with van der Waals surface area (Å²) in [6.45, 7) is 0. The molecule has 3 aliphatic carbocycles. The molecule has 2 bridgehead atoms. The second-order valence-corrected chi connectivity index (χ2v) is 5.94. The van der Waals surface area contributed by atoms with Gasteiger partial charge < -0.3 is 4.74 Å². The van der Waals surface area contributed by atoms with Crippen molar-refractivity contribution >= 4 is 17.6 Å². The maximum atomic E-state index is 11.9. The van der Waals surface area contributed by atoms with Crippen molar-refractivity contribution in [1.82, 2.24) is 4.98 Å². The van der Waals surface area contributed by atoms with Gasteiger partial charge >= 0.3 is 5.97 Å². The van der Waals surface area contributed by atoms with Crippen LogP contribution in [0.5, 0.6) is 0 Å². The summed E-state index contributed by atoms with van der Waals surface area (Å²) in [4.78, 5) is 16.5. The van der Waals surface area contributed by atoms with Gasteiger partial charge in [-0.25, -0.2) is 0 Å². The number of nitrogens with zero attached hydrogens (tertiary/aromatic N) is 1. The summed E-state index contributed by atoms with van der Waals surface area (Å²) in [5.74, 6) is 1.03. The lowest BCUT2D eigenvalue weighted by Crippen LogP contribution is -2.32. The highest BCUT2D eigenvalue weighted by Gasteiger charge is 2.36. The van der Waals surface area contributed by atoms with Crippen LogP contribution in [0.1, 0.15) is 37.3 Å². The highest BCUT2D eigenvalue weighted by Crippen LogP contribution is 2.40. The smallest absolute Gasteiger partial charge is 0.312 e. The molecule has 3 heteroatoms. The molecule has 19 heavy (non-hydrogen) atoms. The minimum Gasteiger partial charge on any atom is -0.469 e. The molecule has 3 nitrogen and oxygen atoms in total. The Hall–Kier alpha value is -1.64.